The van der Waals surface area contributed by atoms with Crippen molar-refractivity contribution in [2.45, 2.75) is 25.6 Å². The van der Waals surface area contributed by atoms with Crippen LogP contribution in [0.15, 0.2) is 42.6 Å². The number of nitrogens with zero attached hydrogens (tertiary/aromatic N) is 2. The standard InChI is InChI=1S/C18H20ClN3O2/c19-17-9-13(5-7-20-17)18(24)21-10-14-3-1-2-4-15(14)11-22-8-6-16(23)12-22/h1-5,7,9,16,23H,6,8,10-12H2,(H,21,24)/t16-/m1/s1. The number of benzene rings is 1. The van der Waals surface area contributed by atoms with Crippen molar-refractivity contribution in [1.82, 2.24) is 15.2 Å². The van der Waals surface area contributed by atoms with Crippen LogP contribution in [0.5, 0.6) is 0 Å². The Labute approximate surface area is 146 Å². The average Bonchev–Trinajstić information content (AvgIpc) is 2.99. The first kappa shape index (κ1) is 16.9. The highest BCUT2D eigenvalue weighted by Gasteiger charge is 2.20. The Morgan fingerprint density at radius 3 is 2.83 bits per heavy atom. The van der Waals surface area contributed by atoms with Crippen molar-refractivity contribution in [3.05, 3.63) is 64.4 Å². The molecule has 1 atom stereocenters. The van der Waals surface area contributed by atoms with Gasteiger partial charge in [0.15, 0.2) is 0 Å². The number of likely N-dealkylation sites (tertiary alicyclic amines) is 1. The Kier molecular flexibility index (Phi) is 5.45. The van der Waals surface area contributed by atoms with E-state index in [9.17, 15) is 9.90 Å². The molecule has 1 aliphatic rings. The quantitative estimate of drug-likeness (QED) is 0.816. The van der Waals surface area contributed by atoms with Crippen molar-refractivity contribution in [3.8, 4) is 0 Å². The Hall–Kier alpha value is -1.95. The fourth-order valence-corrected chi connectivity index (χ4v) is 3.08. The van der Waals surface area contributed by atoms with E-state index in [1.165, 1.54) is 11.8 Å². The molecule has 126 valence electrons. The van der Waals surface area contributed by atoms with Crippen LogP contribution in [0.2, 0.25) is 5.15 Å². The molecule has 1 aromatic heterocycles. The number of nitrogens with one attached hydrogen (secondary N) is 1. The minimum atomic E-state index is -0.228. The molecule has 2 heterocycles. The zero-order chi connectivity index (χ0) is 16.9. The first-order valence-electron chi connectivity index (χ1n) is 7.99. The molecule has 1 aliphatic heterocycles. The van der Waals surface area contributed by atoms with Crippen LogP contribution in [-0.2, 0) is 13.1 Å². The van der Waals surface area contributed by atoms with Crippen molar-refractivity contribution >= 4 is 17.5 Å². The highest BCUT2D eigenvalue weighted by atomic mass is 35.5. The molecule has 24 heavy (non-hydrogen) atoms. The number of pyridine rings is 1. The lowest BCUT2D eigenvalue weighted by molar-refractivity contribution is 0.0950. The van der Waals surface area contributed by atoms with Gasteiger partial charge in [0, 0.05) is 37.9 Å². The maximum Gasteiger partial charge on any atom is 0.251 e. The molecule has 3 rings (SSSR count). The van der Waals surface area contributed by atoms with Gasteiger partial charge in [0.1, 0.15) is 5.15 Å². The summed E-state index contributed by atoms with van der Waals surface area (Å²) in [5.74, 6) is -0.175. The number of rotatable bonds is 5. The highest BCUT2D eigenvalue weighted by molar-refractivity contribution is 6.29. The topological polar surface area (TPSA) is 65.5 Å². The fraction of sp³-hybridized carbons (Fsp3) is 0.333. The summed E-state index contributed by atoms with van der Waals surface area (Å²) in [4.78, 5) is 18.3. The molecule has 2 aromatic rings. The predicted molar refractivity (Wildman–Crippen MR) is 92.8 cm³/mol. The molecular formula is C18H20ClN3O2. The first-order valence-corrected chi connectivity index (χ1v) is 8.36. The van der Waals surface area contributed by atoms with Crippen LogP contribution >= 0.6 is 11.6 Å². The minimum absolute atomic E-state index is 0.175. The number of amides is 1. The second-order valence-electron chi connectivity index (χ2n) is 6.00. The molecule has 5 nitrogen and oxygen atoms in total. The van der Waals surface area contributed by atoms with Gasteiger partial charge in [0.25, 0.3) is 5.91 Å². The summed E-state index contributed by atoms with van der Waals surface area (Å²) in [5.41, 5.74) is 2.74. The molecule has 0 saturated carbocycles. The van der Waals surface area contributed by atoms with E-state index in [1.54, 1.807) is 12.1 Å². The van der Waals surface area contributed by atoms with Gasteiger partial charge in [-0.3, -0.25) is 9.69 Å². The zero-order valence-electron chi connectivity index (χ0n) is 13.3. The summed E-state index contributed by atoms with van der Waals surface area (Å²) in [6, 6.07) is 11.2. The summed E-state index contributed by atoms with van der Waals surface area (Å²) < 4.78 is 0. The van der Waals surface area contributed by atoms with Gasteiger partial charge < -0.3 is 10.4 Å². The van der Waals surface area contributed by atoms with Gasteiger partial charge in [-0.1, -0.05) is 35.9 Å². The van der Waals surface area contributed by atoms with E-state index < -0.39 is 0 Å². The summed E-state index contributed by atoms with van der Waals surface area (Å²) in [5, 5.41) is 12.9. The number of aromatic nitrogens is 1. The highest BCUT2D eigenvalue weighted by Crippen LogP contribution is 2.17. The minimum Gasteiger partial charge on any atom is -0.392 e. The summed E-state index contributed by atoms with van der Waals surface area (Å²) in [6.45, 7) is 2.84. The Morgan fingerprint density at radius 2 is 2.12 bits per heavy atom. The number of carbonyl (C=O) groups is 1. The lowest BCUT2D eigenvalue weighted by atomic mass is 10.1. The predicted octanol–water partition coefficient (Wildman–Crippen LogP) is 2.23. The second kappa shape index (κ2) is 7.75. The lowest BCUT2D eigenvalue weighted by Gasteiger charge is -2.18. The maximum atomic E-state index is 12.2. The van der Waals surface area contributed by atoms with E-state index in [2.05, 4.69) is 21.3 Å². The molecule has 0 unspecified atom stereocenters. The van der Waals surface area contributed by atoms with Crippen LogP contribution in [0, 0.1) is 0 Å². The smallest absolute Gasteiger partial charge is 0.251 e. The molecule has 1 aromatic carbocycles. The van der Waals surface area contributed by atoms with Crippen LogP contribution in [0.25, 0.3) is 0 Å². The third kappa shape index (κ3) is 4.32. The molecule has 6 heteroatoms. The number of carbonyl (C=O) groups excluding carboxylic acids is 1. The summed E-state index contributed by atoms with van der Waals surface area (Å²) in [6.07, 6.45) is 2.11. The zero-order valence-corrected chi connectivity index (χ0v) is 14.0. The van der Waals surface area contributed by atoms with Crippen molar-refractivity contribution < 1.29 is 9.90 Å². The fourth-order valence-electron chi connectivity index (χ4n) is 2.90. The van der Waals surface area contributed by atoms with Crippen LogP contribution < -0.4 is 5.32 Å². The van der Waals surface area contributed by atoms with E-state index in [1.807, 2.05) is 18.2 Å². The SMILES string of the molecule is O=C(NCc1ccccc1CN1CC[C@@H](O)C1)c1ccnc(Cl)c1. The number of aliphatic hydroxyl groups excluding tert-OH is 1. The van der Waals surface area contributed by atoms with Crippen LogP contribution in [-0.4, -0.2) is 40.1 Å². The number of hydrogen-bond acceptors (Lipinski definition) is 4. The van der Waals surface area contributed by atoms with Crippen molar-refractivity contribution in [3.63, 3.8) is 0 Å². The van der Waals surface area contributed by atoms with Gasteiger partial charge in [0.05, 0.1) is 6.10 Å². The summed E-state index contributed by atoms with van der Waals surface area (Å²) >= 11 is 5.82. The van der Waals surface area contributed by atoms with E-state index in [4.69, 9.17) is 11.6 Å². The second-order valence-corrected chi connectivity index (χ2v) is 6.38. The monoisotopic (exact) mass is 345 g/mol. The van der Waals surface area contributed by atoms with Gasteiger partial charge in [-0.2, -0.15) is 0 Å². The number of β-amino-alcohol motifs (C(OH)–C–C–N with tert-alkyl or cyclic N) is 1. The van der Waals surface area contributed by atoms with Crippen LogP contribution in [0.3, 0.4) is 0 Å². The number of halogens is 1. The maximum absolute atomic E-state index is 12.2. The lowest BCUT2D eigenvalue weighted by Crippen LogP contribution is -2.25. The molecular weight excluding hydrogens is 326 g/mol. The third-order valence-electron chi connectivity index (χ3n) is 4.19. The largest absolute Gasteiger partial charge is 0.392 e. The molecule has 2 N–H and O–H groups in total. The van der Waals surface area contributed by atoms with Crippen molar-refractivity contribution in [2.75, 3.05) is 13.1 Å². The number of hydrogen-bond donors (Lipinski definition) is 2. The van der Waals surface area contributed by atoms with Gasteiger partial charge in [0.2, 0.25) is 0 Å². The molecule has 0 spiro atoms. The molecule has 0 bridgehead atoms. The Balaban J connectivity index is 1.64. The van der Waals surface area contributed by atoms with Gasteiger partial charge >= 0.3 is 0 Å². The Bertz CT molecular complexity index is 723. The Morgan fingerprint density at radius 1 is 1.33 bits per heavy atom. The van der Waals surface area contributed by atoms with Crippen LogP contribution in [0.4, 0.5) is 0 Å². The van der Waals surface area contributed by atoms with E-state index in [0.717, 1.165) is 25.1 Å². The third-order valence-corrected chi connectivity index (χ3v) is 4.39. The van der Waals surface area contributed by atoms with Crippen molar-refractivity contribution in [2.24, 2.45) is 0 Å². The molecule has 1 amide bonds. The van der Waals surface area contributed by atoms with Gasteiger partial charge in [-0.15, -0.1) is 0 Å². The van der Waals surface area contributed by atoms with E-state index >= 15 is 0 Å². The van der Waals surface area contributed by atoms with E-state index in [-0.39, 0.29) is 12.0 Å². The van der Waals surface area contributed by atoms with Crippen molar-refractivity contribution in [1.29, 1.82) is 0 Å². The van der Waals surface area contributed by atoms with Gasteiger partial charge in [-0.05, 0) is 29.7 Å². The molecule has 0 radical (unpaired) electrons. The number of aliphatic hydroxyl groups is 1. The first-order chi connectivity index (χ1) is 11.6. The normalized spacial score (nSPS) is 17.8. The summed E-state index contributed by atoms with van der Waals surface area (Å²) in [7, 11) is 0. The van der Waals surface area contributed by atoms with Gasteiger partial charge in [-0.25, -0.2) is 4.98 Å². The molecule has 0 aliphatic carbocycles. The van der Waals surface area contributed by atoms with Crippen LogP contribution in [0.1, 0.15) is 27.9 Å². The molecule has 1 saturated heterocycles. The average molecular weight is 346 g/mol. The van der Waals surface area contributed by atoms with E-state index in [0.29, 0.717) is 23.8 Å². The molecule has 1 fully saturated rings.